The predicted octanol–water partition coefficient (Wildman–Crippen LogP) is 4.02. The van der Waals surface area contributed by atoms with Crippen LogP contribution in [0.3, 0.4) is 0 Å². The van der Waals surface area contributed by atoms with E-state index in [9.17, 15) is 18.4 Å². The fraction of sp³-hybridized carbons (Fsp3) is 0.111. The molecule has 5 nitrogen and oxygen atoms in total. The second kappa shape index (κ2) is 6.44. The summed E-state index contributed by atoms with van der Waals surface area (Å²) in [6.07, 6.45) is -4.50. The number of hydrogen-bond acceptors (Lipinski definition) is 4. The van der Waals surface area contributed by atoms with Crippen LogP contribution in [0, 0.1) is 11.3 Å². The highest BCUT2D eigenvalue weighted by atomic mass is 19.4. The lowest BCUT2D eigenvalue weighted by Gasteiger charge is -2.07. The summed E-state index contributed by atoms with van der Waals surface area (Å²) in [5, 5.41) is 13.7. The highest BCUT2D eigenvalue weighted by Crippen LogP contribution is 2.34. The first-order chi connectivity index (χ1) is 12.3. The van der Waals surface area contributed by atoms with Gasteiger partial charge in [0.15, 0.2) is 0 Å². The van der Waals surface area contributed by atoms with E-state index >= 15 is 0 Å². The lowest BCUT2D eigenvalue weighted by atomic mass is 10.0. The minimum Gasteiger partial charge on any atom is -0.497 e. The molecule has 0 atom stereocenters. The molecule has 3 aromatic rings. The lowest BCUT2D eigenvalue weighted by molar-refractivity contribution is -0.137. The first-order valence-corrected chi connectivity index (χ1v) is 7.46. The summed E-state index contributed by atoms with van der Waals surface area (Å²) in [6.45, 7) is 0. The second-order valence-corrected chi connectivity index (χ2v) is 5.41. The van der Waals surface area contributed by atoms with Crippen LogP contribution in [-0.2, 0) is 6.18 Å². The highest BCUT2D eigenvalue weighted by Gasteiger charge is 2.31. The van der Waals surface area contributed by atoms with Crippen molar-refractivity contribution in [1.82, 2.24) is 9.78 Å². The van der Waals surface area contributed by atoms with E-state index in [0.29, 0.717) is 11.4 Å². The van der Waals surface area contributed by atoms with Gasteiger partial charge in [-0.25, -0.2) is 4.68 Å². The summed E-state index contributed by atoms with van der Waals surface area (Å²) in [6, 6.07) is 13.3. The van der Waals surface area contributed by atoms with Crippen LogP contribution in [0.2, 0.25) is 0 Å². The molecule has 3 rings (SSSR count). The Labute approximate surface area is 147 Å². The van der Waals surface area contributed by atoms with Crippen LogP contribution in [0.1, 0.15) is 11.1 Å². The zero-order valence-electron chi connectivity index (χ0n) is 13.6. The van der Waals surface area contributed by atoms with Crippen molar-refractivity contribution in [2.24, 2.45) is 0 Å². The summed E-state index contributed by atoms with van der Waals surface area (Å²) in [7, 11) is 1.50. The molecule has 0 aliphatic carbocycles. The fourth-order valence-corrected chi connectivity index (χ4v) is 2.53. The van der Waals surface area contributed by atoms with Gasteiger partial charge in [0.2, 0.25) is 0 Å². The standard InChI is InChI=1S/C18H13F3N4O/c1-26-14-7-3-6-13(9-14)25-17(23)15(10-22)16(24-25)11-4-2-5-12(8-11)18(19,20)21/h2-9H,23H2,1H3. The lowest BCUT2D eigenvalue weighted by Crippen LogP contribution is -2.04. The SMILES string of the molecule is COc1cccc(-n2nc(-c3cccc(C(F)(F)F)c3)c(C#N)c2N)c1. The predicted molar refractivity (Wildman–Crippen MR) is 89.7 cm³/mol. The van der Waals surface area contributed by atoms with Crippen molar-refractivity contribution < 1.29 is 17.9 Å². The molecular weight excluding hydrogens is 345 g/mol. The number of nitrogens with two attached hydrogens (primary N) is 1. The van der Waals surface area contributed by atoms with E-state index < -0.39 is 11.7 Å². The van der Waals surface area contributed by atoms with Crippen LogP contribution in [0.4, 0.5) is 19.0 Å². The maximum absolute atomic E-state index is 13.0. The van der Waals surface area contributed by atoms with Crippen LogP contribution in [0.25, 0.3) is 16.9 Å². The first kappa shape index (κ1) is 17.4. The minimum atomic E-state index is -4.50. The smallest absolute Gasteiger partial charge is 0.416 e. The molecule has 2 aromatic carbocycles. The molecule has 0 spiro atoms. The molecule has 0 radical (unpaired) electrons. The monoisotopic (exact) mass is 358 g/mol. The van der Waals surface area contributed by atoms with E-state index in [2.05, 4.69) is 5.10 Å². The number of methoxy groups -OCH3 is 1. The molecule has 26 heavy (non-hydrogen) atoms. The Kier molecular flexibility index (Phi) is 4.30. The molecule has 2 N–H and O–H groups in total. The second-order valence-electron chi connectivity index (χ2n) is 5.41. The zero-order valence-corrected chi connectivity index (χ0v) is 13.6. The maximum atomic E-state index is 13.0. The third kappa shape index (κ3) is 3.07. The van der Waals surface area contributed by atoms with Gasteiger partial charge in [0.05, 0.1) is 18.4 Å². The quantitative estimate of drug-likeness (QED) is 0.767. The van der Waals surface area contributed by atoms with Crippen molar-refractivity contribution in [3.8, 4) is 28.8 Å². The van der Waals surface area contributed by atoms with Crippen LogP contribution >= 0.6 is 0 Å². The molecule has 132 valence electrons. The molecule has 0 fully saturated rings. The molecule has 1 heterocycles. The largest absolute Gasteiger partial charge is 0.497 e. The molecule has 0 bridgehead atoms. The minimum absolute atomic E-state index is 0.00662. The van der Waals surface area contributed by atoms with Gasteiger partial charge in [-0.2, -0.15) is 23.5 Å². The van der Waals surface area contributed by atoms with Crippen LogP contribution in [0.5, 0.6) is 5.75 Å². The van der Waals surface area contributed by atoms with E-state index in [4.69, 9.17) is 10.5 Å². The highest BCUT2D eigenvalue weighted by molar-refractivity contribution is 5.74. The summed E-state index contributed by atoms with van der Waals surface area (Å²) in [5.74, 6) is 0.588. The topological polar surface area (TPSA) is 76.9 Å². The average Bonchev–Trinajstić information content (AvgIpc) is 2.97. The molecule has 0 saturated carbocycles. The summed E-state index contributed by atoms with van der Waals surface area (Å²) in [5.41, 5.74) is 5.96. The van der Waals surface area contributed by atoms with Crippen molar-refractivity contribution in [3.63, 3.8) is 0 Å². The van der Waals surface area contributed by atoms with Crippen molar-refractivity contribution in [3.05, 3.63) is 59.7 Å². The van der Waals surface area contributed by atoms with E-state index in [1.807, 2.05) is 6.07 Å². The maximum Gasteiger partial charge on any atom is 0.416 e. The van der Waals surface area contributed by atoms with Crippen LogP contribution in [-0.4, -0.2) is 16.9 Å². The Morgan fingerprint density at radius 1 is 1.15 bits per heavy atom. The molecule has 1 aromatic heterocycles. The van der Waals surface area contributed by atoms with Crippen molar-refractivity contribution in [2.45, 2.75) is 6.18 Å². The molecule has 0 unspecified atom stereocenters. The number of rotatable bonds is 3. The fourth-order valence-electron chi connectivity index (χ4n) is 2.53. The Bertz CT molecular complexity index is 1000. The van der Waals surface area contributed by atoms with Crippen molar-refractivity contribution in [2.75, 3.05) is 12.8 Å². The molecular formula is C18H13F3N4O. The number of nitrogen functional groups attached to an aromatic ring is 1. The molecule has 8 heteroatoms. The molecule has 0 aliphatic heterocycles. The van der Waals surface area contributed by atoms with Crippen LogP contribution in [0.15, 0.2) is 48.5 Å². The van der Waals surface area contributed by atoms with Crippen molar-refractivity contribution >= 4 is 5.82 Å². The number of ether oxygens (including phenoxy) is 1. The van der Waals surface area contributed by atoms with Gasteiger partial charge in [0, 0.05) is 11.6 Å². The third-order valence-electron chi connectivity index (χ3n) is 3.79. The van der Waals surface area contributed by atoms with E-state index in [-0.39, 0.29) is 22.6 Å². The Morgan fingerprint density at radius 3 is 2.54 bits per heavy atom. The number of nitrogens with zero attached hydrogens (tertiary/aromatic N) is 3. The normalized spacial score (nSPS) is 11.2. The Morgan fingerprint density at radius 2 is 1.88 bits per heavy atom. The van der Waals surface area contributed by atoms with E-state index in [1.165, 1.54) is 23.9 Å². The zero-order chi connectivity index (χ0) is 18.9. The van der Waals surface area contributed by atoms with Gasteiger partial charge in [-0.1, -0.05) is 18.2 Å². The first-order valence-electron chi connectivity index (χ1n) is 7.46. The summed E-state index contributed by atoms with van der Waals surface area (Å²) < 4.78 is 45.4. The van der Waals surface area contributed by atoms with Gasteiger partial charge in [0.1, 0.15) is 28.9 Å². The summed E-state index contributed by atoms with van der Waals surface area (Å²) >= 11 is 0. The number of anilines is 1. The Balaban J connectivity index is 2.17. The van der Waals surface area contributed by atoms with Gasteiger partial charge >= 0.3 is 6.18 Å². The molecule has 0 saturated heterocycles. The number of alkyl halides is 3. The average molecular weight is 358 g/mol. The molecule has 0 amide bonds. The third-order valence-corrected chi connectivity index (χ3v) is 3.79. The number of benzene rings is 2. The molecule has 0 aliphatic rings. The summed E-state index contributed by atoms with van der Waals surface area (Å²) in [4.78, 5) is 0. The van der Waals surface area contributed by atoms with E-state index in [1.54, 1.807) is 24.3 Å². The van der Waals surface area contributed by atoms with Crippen molar-refractivity contribution in [1.29, 1.82) is 5.26 Å². The van der Waals surface area contributed by atoms with Gasteiger partial charge in [-0.3, -0.25) is 0 Å². The van der Waals surface area contributed by atoms with E-state index in [0.717, 1.165) is 12.1 Å². The van der Waals surface area contributed by atoms with Gasteiger partial charge < -0.3 is 10.5 Å². The number of aromatic nitrogens is 2. The Hall–Kier alpha value is -3.47. The van der Waals surface area contributed by atoms with Crippen LogP contribution < -0.4 is 10.5 Å². The number of nitriles is 1. The van der Waals surface area contributed by atoms with Gasteiger partial charge in [0.25, 0.3) is 0 Å². The number of halogens is 3. The number of hydrogen-bond donors (Lipinski definition) is 1. The van der Waals surface area contributed by atoms with Gasteiger partial charge in [-0.15, -0.1) is 0 Å². The van der Waals surface area contributed by atoms with Gasteiger partial charge in [-0.05, 0) is 24.3 Å².